The Bertz CT molecular complexity index is 962. The summed E-state index contributed by atoms with van der Waals surface area (Å²) < 4.78 is 6.96. The van der Waals surface area contributed by atoms with E-state index in [1.165, 1.54) is 0 Å². The number of ether oxygens (including phenoxy) is 1. The van der Waals surface area contributed by atoms with Gasteiger partial charge in [0, 0.05) is 37.2 Å². The number of rotatable bonds is 3. The number of nitrogens with zero attached hydrogens (tertiary/aromatic N) is 2. The molecule has 0 amide bonds. The highest BCUT2D eigenvalue weighted by molar-refractivity contribution is 9.10. The number of allylic oxidation sites excluding steroid dienone is 1. The van der Waals surface area contributed by atoms with E-state index in [1.54, 1.807) is 12.1 Å². The number of hydrogen-bond donors (Lipinski definition) is 1. The van der Waals surface area contributed by atoms with Gasteiger partial charge in [-0.25, -0.2) is 0 Å². The van der Waals surface area contributed by atoms with Crippen LogP contribution in [0.3, 0.4) is 0 Å². The second-order valence-electron chi connectivity index (χ2n) is 7.47. The predicted molar refractivity (Wildman–Crippen MR) is 113 cm³/mol. The van der Waals surface area contributed by atoms with Gasteiger partial charge in [-0.15, -0.1) is 0 Å². The van der Waals surface area contributed by atoms with E-state index in [2.05, 4.69) is 32.8 Å². The monoisotopic (exact) mass is 442 g/mol. The molecule has 6 heteroatoms. The van der Waals surface area contributed by atoms with Crippen LogP contribution in [0.4, 0.5) is 0 Å². The van der Waals surface area contributed by atoms with Crippen molar-refractivity contribution in [2.75, 3.05) is 33.2 Å². The number of likely N-dealkylation sites (N-methyl/N-ethyl adjacent to an activating group) is 1. The highest BCUT2D eigenvalue weighted by Crippen LogP contribution is 2.42. The normalized spacial score (nSPS) is 19.1. The van der Waals surface area contributed by atoms with Crippen molar-refractivity contribution in [1.82, 2.24) is 9.80 Å². The van der Waals surface area contributed by atoms with Gasteiger partial charge in [-0.3, -0.25) is 9.69 Å². The molecule has 0 bridgehead atoms. The minimum Gasteiger partial charge on any atom is -0.507 e. The lowest BCUT2D eigenvalue weighted by Crippen LogP contribution is -2.43. The van der Waals surface area contributed by atoms with Gasteiger partial charge in [0.2, 0.25) is 5.78 Å². The topological polar surface area (TPSA) is 53.0 Å². The smallest absolute Gasteiger partial charge is 0.232 e. The Morgan fingerprint density at radius 3 is 2.68 bits per heavy atom. The molecule has 0 spiro atoms. The van der Waals surface area contributed by atoms with Gasteiger partial charge in [0.15, 0.2) is 5.76 Å². The minimum atomic E-state index is -0.132. The van der Waals surface area contributed by atoms with Crippen molar-refractivity contribution >= 4 is 27.8 Å². The van der Waals surface area contributed by atoms with Crippen LogP contribution in [0.25, 0.3) is 6.08 Å². The van der Waals surface area contributed by atoms with Gasteiger partial charge in [-0.05, 0) is 49.4 Å². The van der Waals surface area contributed by atoms with E-state index in [4.69, 9.17) is 4.74 Å². The molecule has 0 radical (unpaired) electrons. The average molecular weight is 443 g/mol. The first-order chi connectivity index (χ1) is 13.4. The van der Waals surface area contributed by atoms with Crippen LogP contribution in [0.5, 0.6) is 11.5 Å². The van der Waals surface area contributed by atoms with Crippen LogP contribution in [-0.4, -0.2) is 53.9 Å². The van der Waals surface area contributed by atoms with E-state index < -0.39 is 0 Å². The molecule has 0 aromatic heterocycles. The molecule has 2 aromatic rings. The lowest BCUT2D eigenvalue weighted by atomic mass is 9.99. The van der Waals surface area contributed by atoms with Crippen molar-refractivity contribution in [2.24, 2.45) is 0 Å². The van der Waals surface area contributed by atoms with Crippen LogP contribution in [0.2, 0.25) is 0 Å². The number of aromatic hydroxyl groups is 1. The third-order valence-corrected chi connectivity index (χ3v) is 5.84. The number of carbonyl (C=O) groups excluding carboxylic acids is 1. The van der Waals surface area contributed by atoms with Crippen LogP contribution in [0.1, 0.15) is 27.0 Å². The summed E-state index contributed by atoms with van der Waals surface area (Å²) in [4.78, 5) is 17.6. The summed E-state index contributed by atoms with van der Waals surface area (Å²) in [6, 6.07) is 9.38. The number of halogens is 1. The number of fused-ring (bicyclic) bond motifs is 1. The molecular formula is C22H23BrN2O3. The molecule has 2 aliphatic rings. The van der Waals surface area contributed by atoms with Crippen molar-refractivity contribution in [3.8, 4) is 11.5 Å². The molecule has 0 unspecified atom stereocenters. The van der Waals surface area contributed by atoms with E-state index in [1.807, 2.05) is 31.2 Å². The van der Waals surface area contributed by atoms with Crippen LogP contribution in [0.15, 0.2) is 40.6 Å². The maximum atomic E-state index is 13.0. The van der Waals surface area contributed by atoms with Crippen LogP contribution in [0, 0.1) is 6.92 Å². The maximum Gasteiger partial charge on any atom is 0.232 e. The minimum absolute atomic E-state index is 0.132. The zero-order valence-corrected chi connectivity index (χ0v) is 17.6. The van der Waals surface area contributed by atoms with Gasteiger partial charge in [-0.1, -0.05) is 28.1 Å². The standard InChI is InChI=1S/C22H23BrN2O3/c1-14-10-18(26)17(13-25-8-6-24(2)7-9-25)22-20(14)21(27)19(28-22)12-15-4-3-5-16(23)11-15/h3-5,10-12,26H,6-9,13H2,1-2H3/b19-12-. The molecule has 1 fully saturated rings. The predicted octanol–water partition coefficient (Wildman–Crippen LogP) is 3.83. The molecule has 146 valence electrons. The lowest BCUT2D eigenvalue weighted by molar-refractivity contribution is 0.101. The van der Waals surface area contributed by atoms with Crippen molar-refractivity contribution in [3.63, 3.8) is 0 Å². The molecule has 1 N–H and O–H groups in total. The molecule has 28 heavy (non-hydrogen) atoms. The zero-order chi connectivity index (χ0) is 19.8. The fourth-order valence-corrected chi connectivity index (χ4v) is 4.13. The number of benzene rings is 2. The summed E-state index contributed by atoms with van der Waals surface area (Å²) in [6.45, 7) is 6.23. The largest absolute Gasteiger partial charge is 0.507 e. The lowest BCUT2D eigenvalue weighted by Gasteiger charge is -2.32. The molecule has 0 aliphatic carbocycles. The highest BCUT2D eigenvalue weighted by atomic mass is 79.9. The first-order valence-corrected chi connectivity index (χ1v) is 10.2. The second kappa shape index (κ2) is 7.70. The quantitative estimate of drug-likeness (QED) is 0.731. The van der Waals surface area contributed by atoms with E-state index in [-0.39, 0.29) is 11.5 Å². The third kappa shape index (κ3) is 3.72. The summed E-state index contributed by atoms with van der Waals surface area (Å²) in [5, 5.41) is 10.6. The van der Waals surface area contributed by atoms with Crippen LogP contribution < -0.4 is 4.74 Å². The maximum absolute atomic E-state index is 13.0. The zero-order valence-electron chi connectivity index (χ0n) is 16.0. The molecule has 0 saturated carbocycles. The van der Waals surface area contributed by atoms with Crippen LogP contribution >= 0.6 is 15.9 Å². The SMILES string of the molecule is Cc1cc(O)c(CN2CCN(C)CC2)c2c1C(=O)/C(=C/c1cccc(Br)c1)O2. The van der Waals surface area contributed by atoms with E-state index in [0.29, 0.717) is 29.2 Å². The van der Waals surface area contributed by atoms with Gasteiger partial charge < -0.3 is 14.7 Å². The van der Waals surface area contributed by atoms with Gasteiger partial charge in [0.25, 0.3) is 0 Å². The van der Waals surface area contributed by atoms with Gasteiger partial charge >= 0.3 is 0 Å². The molecule has 4 rings (SSSR count). The molecule has 2 aliphatic heterocycles. The van der Waals surface area contributed by atoms with E-state index in [9.17, 15) is 9.90 Å². The molecule has 1 saturated heterocycles. The van der Waals surface area contributed by atoms with Crippen molar-refractivity contribution in [1.29, 1.82) is 0 Å². The number of hydrogen-bond acceptors (Lipinski definition) is 5. The molecule has 0 atom stereocenters. The third-order valence-electron chi connectivity index (χ3n) is 5.34. The first kappa shape index (κ1) is 19.2. The number of carbonyl (C=O) groups is 1. The average Bonchev–Trinajstić information content (AvgIpc) is 2.97. The summed E-state index contributed by atoms with van der Waals surface area (Å²) in [5.74, 6) is 0.850. The Morgan fingerprint density at radius 1 is 1.21 bits per heavy atom. The fourth-order valence-electron chi connectivity index (χ4n) is 3.71. The molecule has 5 nitrogen and oxygen atoms in total. The Hall–Kier alpha value is -2.15. The summed E-state index contributed by atoms with van der Waals surface area (Å²) in [7, 11) is 2.11. The van der Waals surface area contributed by atoms with E-state index in [0.717, 1.165) is 41.8 Å². The Kier molecular flexibility index (Phi) is 5.27. The molecular weight excluding hydrogens is 420 g/mol. The molecule has 2 heterocycles. The number of phenolic OH excluding ortho intramolecular Hbond substituents is 1. The van der Waals surface area contributed by atoms with Crippen LogP contribution in [-0.2, 0) is 6.54 Å². The highest BCUT2D eigenvalue weighted by Gasteiger charge is 2.33. The Balaban J connectivity index is 1.68. The number of phenols is 1. The summed E-state index contributed by atoms with van der Waals surface area (Å²) in [6.07, 6.45) is 1.75. The first-order valence-electron chi connectivity index (χ1n) is 9.38. The van der Waals surface area contributed by atoms with Gasteiger partial charge in [0.05, 0.1) is 11.1 Å². The molecule has 2 aromatic carbocycles. The van der Waals surface area contributed by atoms with Gasteiger partial charge in [-0.2, -0.15) is 0 Å². The summed E-state index contributed by atoms with van der Waals surface area (Å²) >= 11 is 3.45. The van der Waals surface area contributed by atoms with E-state index >= 15 is 0 Å². The number of Topliss-reactive ketones (excluding diaryl/α,β-unsaturated/α-hetero) is 1. The van der Waals surface area contributed by atoms with Gasteiger partial charge in [0.1, 0.15) is 11.5 Å². The number of ketones is 1. The fraction of sp³-hybridized carbons (Fsp3) is 0.318. The van der Waals surface area contributed by atoms with Crippen molar-refractivity contribution in [2.45, 2.75) is 13.5 Å². The Morgan fingerprint density at radius 2 is 1.96 bits per heavy atom. The second-order valence-corrected chi connectivity index (χ2v) is 8.39. The number of aryl methyl sites for hydroxylation is 1. The number of piperazine rings is 1. The van der Waals surface area contributed by atoms with Crippen molar-refractivity contribution in [3.05, 3.63) is 62.8 Å². The summed E-state index contributed by atoms with van der Waals surface area (Å²) in [5.41, 5.74) is 2.87. The van der Waals surface area contributed by atoms with Crippen molar-refractivity contribution < 1.29 is 14.6 Å². The Labute approximate surface area is 173 Å².